The molecule has 2 saturated carbocycles. The number of aromatic amines is 1. The van der Waals surface area contributed by atoms with E-state index in [4.69, 9.17) is 0 Å². The average molecular weight is 270 g/mol. The standard InChI is InChI=1S/C16H15FN2O/c1-15-8-16(15)7-6-9(15)12-13(16)18-19(14(12)20)11-5-3-2-4-10(11)17/h2-5,9,18H,6-8H2,1H3/t9-,15?,16-/m1/s1. The maximum absolute atomic E-state index is 13.9. The van der Waals surface area contributed by atoms with Crippen LogP contribution in [0.2, 0.25) is 0 Å². The fraction of sp³-hybridized carbons (Fsp3) is 0.438. The van der Waals surface area contributed by atoms with Crippen LogP contribution in [0.4, 0.5) is 4.39 Å². The van der Waals surface area contributed by atoms with Crippen molar-refractivity contribution in [3.05, 3.63) is 51.7 Å². The van der Waals surface area contributed by atoms with Crippen LogP contribution in [0, 0.1) is 11.2 Å². The van der Waals surface area contributed by atoms with Crippen LogP contribution < -0.4 is 5.56 Å². The molecule has 1 aromatic heterocycles. The van der Waals surface area contributed by atoms with E-state index in [0.717, 1.165) is 17.7 Å². The lowest BCUT2D eigenvalue weighted by molar-refractivity contribution is 0.473. The minimum absolute atomic E-state index is 0.0531. The Morgan fingerprint density at radius 3 is 2.90 bits per heavy atom. The summed E-state index contributed by atoms with van der Waals surface area (Å²) in [6, 6.07) is 6.43. The molecule has 0 saturated heterocycles. The Bertz CT molecular complexity index is 816. The molecule has 5 rings (SSSR count). The van der Waals surface area contributed by atoms with Gasteiger partial charge in [-0.1, -0.05) is 19.1 Å². The molecule has 2 bridgehead atoms. The van der Waals surface area contributed by atoms with Crippen molar-refractivity contribution < 1.29 is 4.39 Å². The van der Waals surface area contributed by atoms with Gasteiger partial charge in [-0.15, -0.1) is 0 Å². The van der Waals surface area contributed by atoms with E-state index in [0.29, 0.717) is 17.0 Å². The smallest absolute Gasteiger partial charge is 0.275 e. The normalized spacial score (nSPS) is 36.0. The summed E-state index contributed by atoms with van der Waals surface area (Å²) in [5.74, 6) is 0.00667. The number of nitrogens with zero attached hydrogens (tertiary/aromatic N) is 1. The summed E-state index contributed by atoms with van der Waals surface area (Å²) in [7, 11) is 0. The Morgan fingerprint density at radius 1 is 1.40 bits per heavy atom. The third-order valence-corrected chi connectivity index (χ3v) is 6.11. The molecule has 1 aromatic carbocycles. The second kappa shape index (κ2) is 2.92. The number of benzene rings is 1. The van der Waals surface area contributed by atoms with E-state index in [1.807, 2.05) is 0 Å². The summed E-state index contributed by atoms with van der Waals surface area (Å²) >= 11 is 0. The van der Waals surface area contributed by atoms with E-state index in [1.165, 1.54) is 23.6 Å². The van der Waals surface area contributed by atoms with E-state index in [-0.39, 0.29) is 16.8 Å². The molecule has 3 atom stereocenters. The molecule has 102 valence electrons. The number of nitrogens with one attached hydrogen (secondary N) is 1. The van der Waals surface area contributed by atoms with Crippen molar-refractivity contribution in [2.75, 3.05) is 0 Å². The van der Waals surface area contributed by atoms with Gasteiger partial charge in [-0.25, -0.2) is 9.07 Å². The molecule has 3 aliphatic carbocycles. The second-order valence-electron chi connectivity index (χ2n) is 6.76. The van der Waals surface area contributed by atoms with Gasteiger partial charge in [-0.05, 0) is 42.7 Å². The molecule has 3 aliphatic rings. The zero-order valence-corrected chi connectivity index (χ0v) is 11.2. The van der Waals surface area contributed by atoms with Gasteiger partial charge in [-0.3, -0.25) is 9.89 Å². The van der Waals surface area contributed by atoms with Crippen molar-refractivity contribution in [1.82, 2.24) is 9.78 Å². The fourth-order valence-electron chi connectivity index (χ4n) is 5.03. The first kappa shape index (κ1) is 10.9. The van der Waals surface area contributed by atoms with Crippen molar-refractivity contribution in [2.45, 2.75) is 37.5 Å². The number of hydrogen-bond donors (Lipinski definition) is 1. The summed E-state index contributed by atoms with van der Waals surface area (Å²) in [6.45, 7) is 2.30. The molecule has 1 unspecified atom stereocenters. The Hall–Kier alpha value is -1.84. The number of aromatic nitrogens is 2. The monoisotopic (exact) mass is 270 g/mol. The quantitative estimate of drug-likeness (QED) is 0.850. The van der Waals surface area contributed by atoms with Crippen molar-refractivity contribution in [3.63, 3.8) is 0 Å². The molecule has 1 heterocycles. The van der Waals surface area contributed by atoms with E-state index >= 15 is 0 Å². The third kappa shape index (κ3) is 0.902. The number of hydrogen-bond acceptors (Lipinski definition) is 1. The Labute approximate surface area is 115 Å². The first-order chi connectivity index (χ1) is 9.58. The first-order valence-electron chi connectivity index (χ1n) is 7.19. The molecule has 2 aromatic rings. The molecule has 0 amide bonds. The van der Waals surface area contributed by atoms with Crippen LogP contribution in [0.25, 0.3) is 5.69 Å². The molecule has 1 N–H and O–H groups in total. The van der Waals surface area contributed by atoms with Crippen molar-refractivity contribution in [1.29, 1.82) is 0 Å². The maximum Gasteiger partial charge on any atom is 0.275 e. The highest BCUT2D eigenvalue weighted by atomic mass is 19.1. The van der Waals surface area contributed by atoms with Gasteiger partial charge in [0.15, 0.2) is 0 Å². The van der Waals surface area contributed by atoms with E-state index in [2.05, 4.69) is 12.0 Å². The van der Waals surface area contributed by atoms with Crippen molar-refractivity contribution in [2.24, 2.45) is 5.41 Å². The summed E-state index contributed by atoms with van der Waals surface area (Å²) in [4.78, 5) is 12.7. The van der Waals surface area contributed by atoms with E-state index < -0.39 is 0 Å². The van der Waals surface area contributed by atoms with Crippen LogP contribution in [0.15, 0.2) is 29.1 Å². The predicted molar refractivity (Wildman–Crippen MR) is 72.7 cm³/mol. The molecule has 0 spiro atoms. The number of halogens is 1. The van der Waals surface area contributed by atoms with Crippen LogP contribution in [0.3, 0.4) is 0 Å². The highest BCUT2D eigenvalue weighted by molar-refractivity contribution is 5.54. The van der Waals surface area contributed by atoms with Gasteiger partial charge < -0.3 is 0 Å². The van der Waals surface area contributed by atoms with Crippen LogP contribution >= 0.6 is 0 Å². The van der Waals surface area contributed by atoms with Crippen molar-refractivity contribution >= 4 is 0 Å². The van der Waals surface area contributed by atoms with E-state index in [9.17, 15) is 9.18 Å². The largest absolute Gasteiger partial charge is 0.294 e. The number of para-hydroxylation sites is 1. The molecular weight excluding hydrogens is 255 g/mol. The number of fused-ring (bicyclic) bond motifs is 2. The molecule has 2 fully saturated rings. The molecule has 0 radical (unpaired) electrons. The third-order valence-electron chi connectivity index (χ3n) is 6.11. The molecule has 4 heteroatoms. The van der Waals surface area contributed by atoms with Gasteiger partial charge in [-0.2, -0.15) is 0 Å². The Morgan fingerprint density at radius 2 is 2.20 bits per heavy atom. The highest BCUT2D eigenvalue weighted by Crippen LogP contribution is 2.82. The van der Waals surface area contributed by atoms with Gasteiger partial charge in [0.1, 0.15) is 11.5 Å². The molecular formula is C16H15FN2O. The lowest BCUT2D eigenvalue weighted by atomic mass is 9.86. The summed E-state index contributed by atoms with van der Waals surface area (Å²) in [5, 5.41) is 3.22. The second-order valence-corrected chi connectivity index (χ2v) is 6.76. The number of H-pyrrole nitrogens is 1. The Balaban J connectivity index is 1.78. The molecule has 20 heavy (non-hydrogen) atoms. The lowest BCUT2D eigenvalue weighted by Crippen LogP contribution is -2.21. The minimum atomic E-state index is -0.363. The van der Waals surface area contributed by atoms with Gasteiger partial charge in [0.2, 0.25) is 0 Å². The first-order valence-corrected chi connectivity index (χ1v) is 7.19. The van der Waals surface area contributed by atoms with Gasteiger partial charge >= 0.3 is 0 Å². The maximum atomic E-state index is 13.9. The Kier molecular flexibility index (Phi) is 1.59. The van der Waals surface area contributed by atoms with Crippen LogP contribution in [0.5, 0.6) is 0 Å². The number of rotatable bonds is 1. The van der Waals surface area contributed by atoms with Crippen LogP contribution in [0.1, 0.15) is 43.4 Å². The van der Waals surface area contributed by atoms with Crippen LogP contribution in [-0.4, -0.2) is 9.78 Å². The minimum Gasteiger partial charge on any atom is -0.294 e. The van der Waals surface area contributed by atoms with Gasteiger partial charge in [0.25, 0.3) is 5.56 Å². The zero-order valence-electron chi connectivity index (χ0n) is 11.2. The van der Waals surface area contributed by atoms with Gasteiger partial charge in [0.05, 0.1) is 0 Å². The summed E-state index contributed by atoms with van der Waals surface area (Å²) < 4.78 is 15.3. The molecule has 0 aliphatic heterocycles. The lowest BCUT2D eigenvalue weighted by Gasteiger charge is -2.16. The van der Waals surface area contributed by atoms with Crippen LogP contribution in [-0.2, 0) is 5.41 Å². The highest BCUT2D eigenvalue weighted by Gasteiger charge is 2.78. The van der Waals surface area contributed by atoms with Crippen molar-refractivity contribution in [3.8, 4) is 5.69 Å². The van der Waals surface area contributed by atoms with Gasteiger partial charge in [0, 0.05) is 16.7 Å². The SMILES string of the molecule is CC12C[C@@]13CC[C@@H]2c1c3[nH]n(-c2ccccc2F)c1=O. The topological polar surface area (TPSA) is 37.8 Å². The summed E-state index contributed by atoms with van der Waals surface area (Å²) in [6.07, 6.45) is 3.45. The molecule has 3 nitrogen and oxygen atoms in total. The predicted octanol–water partition coefficient (Wildman–Crippen LogP) is 2.84. The van der Waals surface area contributed by atoms with E-state index in [1.54, 1.807) is 18.2 Å². The summed E-state index contributed by atoms with van der Waals surface area (Å²) in [5.41, 5.74) is 2.76. The zero-order chi connectivity index (χ0) is 13.7. The fourth-order valence-corrected chi connectivity index (χ4v) is 5.03. The average Bonchev–Trinajstić information content (AvgIpc) is 2.68.